The quantitative estimate of drug-likeness (QED) is 0.666. The molecule has 0 saturated heterocycles. The van der Waals surface area contributed by atoms with Crippen molar-refractivity contribution in [3.8, 4) is 11.5 Å². The Hall–Kier alpha value is -2.80. The highest BCUT2D eigenvalue weighted by Crippen LogP contribution is 2.48. The number of nitrogens with zero attached hydrogens (tertiary/aromatic N) is 1. The highest BCUT2D eigenvalue weighted by Gasteiger charge is 2.34. The Morgan fingerprint density at radius 1 is 1.12 bits per heavy atom. The molecule has 2 N–H and O–H groups in total. The normalized spacial score (nSPS) is 21.7. The van der Waals surface area contributed by atoms with Gasteiger partial charge in [0.15, 0.2) is 11.5 Å². The van der Waals surface area contributed by atoms with Crippen molar-refractivity contribution in [3.63, 3.8) is 0 Å². The molecule has 1 aromatic carbocycles. The third-order valence-electron chi connectivity index (χ3n) is 7.36. The number of fused-ring (bicyclic) bond motifs is 1. The Morgan fingerprint density at radius 2 is 1.79 bits per heavy atom. The molecule has 1 unspecified atom stereocenters. The third-order valence-corrected chi connectivity index (χ3v) is 7.36. The van der Waals surface area contributed by atoms with Gasteiger partial charge in [-0.15, -0.1) is 0 Å². The third kappa shape index (κ3) is 4.71. The van der Waals surface area contributed by atoms with Crippen LogP contribution in [0, 0.1) is 13.8 Å². The minimum atomic E-state index is -0.373. The number of carbonyl (C=O) groups excluding carboxylic acids is 1. The van der Waals surface area contributed by atoms with Crippen LogP contribution in [0.3, 0.4) is 0 Å². The zero-order chi connectivity index (χ0) is 24.6. The molecule has 1 atom stereocenters. The first-order valence-corrected chi connectivity index (χ1v) is 12.4. The second-order valence-electron chi connectivity index (χ2n) is 9.89. The largest absolute Gasteiger partial charge is 0.451 e. The van der Waals surface area contributed by atoms with Crippen LogP contribution in [0.2, 0.25) is 0 Å². The zero-order valence-electron chi connectivity index (χ0n) is 21.2. The number of ether oxygens (including phenoxy) is 2. The fourth-order valence-corrected chi connectivity index (χ4v) is 5.37. The Morgan fingerprint density at radius 3 is 2.44 bits per heavy atom. The second kappa shape index (κ2) is 9.82. The van der Waals surface area contributed by atoms with Crippen LogP contribution in [0.1, 0.15) is 83.8 Å². The van der Waals surface area contributed by atoms with Crippen LogP contribution in [0.25, 0.3) is 0 Å². The van der Waals surface area contributed by atoms with E-state index in [2.05, 4.69) is 29.3 Å². The lowest BCUT2D eigenvalue weighted by atomic mass is 9.80. The van der Waals surface area contributed by atoms with Crippen molar-refractivity contribution in [2.45, 2.75) is 84.6 Å². The summed E-state index contributed by atoms with van der Waals surface area (Å²) in [7, 11) is 4.28. The highest BCUT2D eigenvalue weighted by atomic mass is 16.7. The van der Waals surface area contributed by atoms with Gasteiger partial charge in [-0.05, 0) is 83.7 Å². The number of rotatable bonds is 6. The summed E-state index contributed by atoms with van der Waals surface area (Å²) in [5, 5.41) is 2.98. The maximum absolute atomic E-state index is 13.3. The fraction of sp³-hybridized carbons (Fsp3) is 0.556. The van der Waals surface area contributed by atoms with Crippen LogP contribution in [0.15, 0.2) is 16.9 Å². The Bertz CT molecular complexity index is 1130. The first-order valence-electron chi connectivity index (χ1n) is 12.4. The van der Waals surface area contributed by atoms with Crippen molar-refractivity contribution < 1.29 is 14.3 Å². The lowest BCUT2D eigenvalue weighted by molar-refractivity contribution is 0.0665. The minimum Gasteiger partial charge on any atom is -0.451 e. The number of aryl methyl sites for hydroxylation is 2. The molecule has 2 aliphatic rings. The Labute approximate surface area is 201 Å². The van der Waals surface area contributed by atoms with Crippen LogP contribution >= 0.6 is 0 Å². The summed E-state index contributed by atoms with van der Waals surface area (Å²) in [6.07, 6.45) is 4.70. The van der Waals surface area contributed by atoms with Gasteiger partial charge in [-0.1, -0.05) is 6.92 Å². The van der Waals surface area contributed by atoms with Gasteiger partial charge in [0.25, 0.3) is 11.5 Å². The van der Waals surface area contributed by atoms with Gasteiger partial charge in [0.05, 0.1) is 0 Å². The second-order valence-corrected chi connectivity index (χ2v) is 9.89. The number of H-pyrrole nitrogens is 1. The van der Waals surface area contributed by atoms with Gasteiger partial charge in [0, 0.05) is 47.5 Å². The molecule has 1 amide bonds. The molecule has 2 aromatic rings. The van der Waals surface area contributed by atoms with E-state index >= 15 is 0 Å². The Kier molecular flexibility index (Phi) is 7.03. The van der Waals surface area contributed by atoms with Crippen LogP contribution < -0.4 is 20.3 Å². The average Bonchev–Trinajstić information content (AvgIpc) is 3.20. The number of aromatic nitrogens is 1. The first kappa shape index (κ1) is 24.3. The average molecular weight is 468 g/mol. The molecule has 2 heterocycles. The van der Waals surface area contributed by atoms with Gasteiger partial charge in [-0.2, -0.15) is 0 Å². The number of nitrogens with one attached hydrogen (secondary N) is 2. The summed E-state index contributed by atoms with van der Waals surface area (Å²) in [5.41, 5.74) is 4.67. The van der Waals surface area contributed by atoms with Crippen LogP contribution in [0.5, 0.6) is 11.5 Å². The van der Waals surface area contributed by atoms with E-state index in [0.717, 1.165) is 60.2 Å². The predicted molar refractivity (Wildman–Crippen MR) is 133 cm³/mol. The SMILES string of the molecule is CCc1cc(C)[nH]c(=O)c1CNC(=O)c1cc([C@H]2CC[C@H](N(C)C)CC2)c2c(c1C)OC(C)O2. The smallest absolute Gasteiger partial charge is 0.253 e. The van der Waals surface area contributed by atoms with Gasteiger partial charge in [0.1, 0.15) is 0 Å². The number of aromatic amines is 1. The van der Waals surface area contributed by atoms with Crippen molar-refractivity contribution in [3.05, 3.63) is 56.0 Å². The number of hydrogen-bond donors (Lipinski definition) is 2. The van der Waals surface area contributed by atoms with Gasteiger partial charge in [-0.3, -0.25) is 9.59 Å². The summed E-state index contributed by atoms with van der Waals surface area (Å²) in [6, 6.07) is 4.55. The summed E-state index contributed by atoms with van der Waals surface area (Å²) in [5.74, 6) is 1.59. The topological polar surface area (TPSA) is 83.7 Å². The van der Waals surface area contributed by atoms with E-state index in [1.54, 1.807) is 0 Å². The minimum absolute atomic E-state index is 0.147. The highest BCUT2D eigenvalue weighted by molar-refractivity contribution is 5.97. The summed E-state index contributed by atoms with van der Waals surface area (Å²) in [4.78, 5) is 31.0. The van der Waals surface area contributed by atoms with Crippen molar-refractivity contribution in [1.82, 2.24) is 15.2 Å². The number of amides is 1. The molecule has 1 aliphatic heterocycles. The molecule has 1 aliphatic carbocycles. The number of pyridine rings is 1. The fourth-order valence-electron chi connectivity index (χ4n) is 5.37. The van der Waals surface area contributed by atoms with Gasteiger partial charge < -0.3 is 24.7 Å². The van der Waals surface area contributed by atoms with E-state index in [9.17, 15) is 9.59 Å². The van der Waals surface area contributed by atoms with E-state index in [1.165, 1.54) is 0 Å². The molecule has 184 valence electrons. The summed E-state index contributed by atoms with van der Waals surface area (Å²) >= 11 is 0. The lowest BCUT2D eigenvalue weighted by Gasteiger charge is -2.33. The maximum Gasteiger partial charge on any atom is 0.253 e. The first-order chi connectivity index (χ1) is 16.2. The van der Waals surface area contributed by atoms with Gasteiger partial charge in [0.2, 0.25) is 6.29 Å². The van der Waals surface area contributed by atoms with Crippen LogP contribution in [0.4, 0.5) is 0 Å². The molecule has 1 fully saturated rings. The molecular formula is C27H37N3O4. The molecule has 0 bridgehead atoms. The maximum atomic E-state index is 13.3. The lowest BCUT2D eigenvalue weighted by Crippen LogP contribution is -2.32. The molecule has 0 spiro atoms. The van der Waals surface area contributed by atoms with Gasteiger partial charge >= 0.3 is 0 Å². The van der Waals surface area contributed by atoms with E-state index in [1.807, 2.05) is 39.8 Å². The Balaban J connectivity index is 1.61. The number of hydrogen-bond acceptors (Lipinski definition) is 5. The molecular weight excluding hydrogens is 430 g/mol. The summed E-state index contributed by atoms with van der Waals surface area (Å²) in [6.45, 7) is 7.85. The zero-order valence-corrected chi connectivity index (χ0v) is 21.2. The van der Waals surface area contributed by atoms with Crippen molar-refractivity contribution in [2.24, 2.45) is 0 Å². The molecule has 7 heteroatoms. The van der Waals surface area contributed by atoms with E-state index in [4.69, 9.17) is 9.47 Å². The predicted octanol–water partition coefficient (Wildman–Crippen LogP) is 4.19. The molecule has 34 heavy (non-hydrogen) atoms. The van der Waals surface area contributed by atoms with Gasteiger partial charge in [-0.25, -0.2) is 0 Å². The summed E-state index contributed by atoms with van der Waals surface area (Å²) < 4.78 is 12.0. The van der Waals surface area contributed by atoms with Crippen molar-refractivity contribution in [1.29, 1.82) is 0 Å². The molecule has 0 radical (unpaired) electrons. The van der Waals surface area contributed by atoms with E-state index in [-0.39, 0.29) is 24.3 Å². The monoisotopic (exact) mass is 467 g/mol. The molecule has 1 saturated carbocycles. The standard InChI is InChI=1S/C27H37N3O4/c1-7-18-12-15(2)29-27(32)23(18)14-28-26(31)21-13-22(19-8-10-20(11-9-19)30(5)6)25-24(16(21)3)33-17(4)34-25/h12-13,17,19-20H,7-11,14H2,1-6H3,(H,28,31)(H,29,32)/t17?,19-,20-. The van der Waals surface area contributed by atoms with E-state index < -0.39 is 0 Å². The van der Waals surface area contributed by atoms with Crippen LogP contribution in [-0.2, 0) is 13.0 Å². The molecule has 4 rings (SSSR count). The van der Waals surface area contributed by atoms with Crippen molar-refractivity contribution >= 4 is 5.91 Å². The van der Waals surface area contributed by atoms with Crippen molar-refractivity contribution in [2.75, 3.05) is 14.1 Å². The number of carbonyl (C=O) groups is 1. The molecule has 1 aromatic heterocycles. The molecule has 7 nitrogen and oxygen atoms in total. The van der Waals surface area contributed by atoms with E-state index in [0.29, 0.717) is 28.8 Å². The number of benzene rings is 1. The van der Waals surface area contributed by atoms with Crippen LogP contribution in [-0.4, -0.2) is 42.2 Å².